The van der Waals surface area contributed by atoms with E-state index >= 15 is 0 Å². The molecule has 8 heteroatoms. The molecule has 4 heterocycles. The zero-order chi connectivity index (χ0) is 17.9. The molecule has 26 heavy (non-hydrogen) atoms. The van der Waals surface area contributed by atoms with Gasteiger partial charge in [0.15, 0.2) is 0 Å². The Morgan fingerprint density at radius 1 is 0.885 bits per heavy atom. The van der Waals surface area contributed by atoms with Crippen molar-refractivity contribution in [1.82, 2.24) is 15.0 Å². The SMILES string of the molecule is Cc1nc(N)ncc1-c1cc(N2CCOCC2)nc(N2CCOCC2)c1. The minimum absolute atomic E-state index is 0.294. The molecule has 138 valence electrons. The number of rotatable bonds is 3. The van der Waals surface area contributed by atoms with Gasteiger partial charge in [-0.05, 0) is 24.6 Å². The molecule has 0 aliphatic carbocycles. The van der Waals surface area contributed by atoms with E-state index < -0.39 is 0 Å². The van der Waals surface area contributed by atoms with Crippen LogP contribution in [0.2, 0.25) is 0 Å². The Labute approximate surface area is 153 Å². The predicted molar refractivity (Wildman–Crippen MR) is 100 cm³/mol. The quantitative estimate of drug-likeness (QED) is 0.875. The van der Waals surface area contributed by atoms with Gasteiger partial charge in [-0.2, -0.15) is 0 Å². The number of nitrogens with two attached hydrogens (primary N) is 1. The van der Waals surface area contributed by atoms with Gasteiger partial charge in [-0.25, -0.2) is 15.0 Å². The van der Waals surface area contributed by atoms with Crippen LogP contribution in [0.3, 0.4) is 0 Å². The zero-order valence-electron chi connectivity index (χ0n) is 15.0. The minimum Gasteiger partial charge on any atom is -0.378 e. The van der Waals surface area contributed by atoms with Crippen LogP contribution < -0.4 is 15.5 Å². The van der Waals surface area contributed by atoms with E-state index in [0.717, 1.165) is 81.1 Å². The lowest BCUT2D eigenvalue weighted by Crippen LogP contribution is -2.39. The van der Waals surface area contributed by atoms with Gasteiger partial charge in [-0.3, -0.25) is 0 Å². The lowest BCUT2D eigenvalue weighted by Gasteiger charge is -2.32. The molecule has 0 spiro atoms. The number of hydrogen-bond donors (Lipinski definition) is 1. The summed E-state index contributed by atoms with van der Waals surface area (Å²) in [4.78, 5) is 18.0. The second-order valence-corrected chi connectivity index (χ2v) is 6.50. The van der Waals surface area contributed by atoms with E-state index in [1.807, 2.05) is 6.92 Å². The van der Waals surface area contributed by atoms with Crippen LogP contribution in [-0.2, 0) is 9.47 Å². The van der Waals surface area contributed by atoms with Crippen molar-refractivity contribution in [1.29, 1.82) is 0 Å². The fraction of sp³-hybridized carbons (Fsp3) is 0.500. The van der Waals surface area contributed by atoms with Crippen LogP contribution in [0.4, 0.5) is 17.6 Å². The third-order valence-electron chi connectivity index (χ3n) is 4.78. The number of morpholine rings is 2. The smallest absolute Gasteiger partial charge is 0.220 e. The molecule has 8 nitrogen and oxygen atoms in total. The highest BCUT2D eigenvalue weighted by molar-refractivity contribution is 5.72. The average molecular weight is 356 g/mol. The van der Waals surface area contributed by atoms with E-state index in [4.69, 9.17) is 20.2 Å². The second kappa shape index (κ2) is 7.43. The molecule has 2 aromatic heterocycles. The zero-order valence-corrected chi connectivity index (χ0v) is 15.0. The van der Waals surface area contributed by atoms with Gasteiger partial charge in [-0.15, -0.1) is 0 Å². The fourth-order valence-corrected chi connectivity index (χ4v) is 3.33. The largest absolute Gasteiger partial charge is 0.378 e. The third-order valence-corrected chi connectivity index (χ3v) is 4.78. The number of anilines is 3. The summed E-state index contributed by atoms with van der Waals surface area (Å²) in [5.74, 6) is 2.22. The highest BCUT2D eigenvalue weighted by Gasteiger charge is 2.19. The highest BCUT2D eigenvalue weighted by atomic mass is 16.5. The first kappa shape index (κ1) is 17.0. The fourth-order valence-electron chi connectivity index (χ4n) is 3.33. The molecular weight excluding hydrogens is 332 g/mol. The molecule has 2 N–H and O–H groups in total. The van der Waals surface area contributed by atoms with Crippen LogP contribution in [-0.4, -0.2) is 67.6 Å². The molecular formula is C18H24N6O2. The van der Waals surface area contributed by atoms with E-state index in [2.05, 4.69) is 31.9 Å². The molecule has 0 radical (unpaired) electrons. The molecule has 0 bridgehead atoms. The van der Waals surface area contributed by atoms with Crippen molar-refractivity contribution < 1.29 is 9.47 Å². The molecule has 0 aromatic carbocycles. The number of aryl methyl sites for hydroxylation is 1. The Kier molecular flexibility index (Phi) is 4.85. The van der Waals surface area contributed by atoms with Crippen molar-refractivity contribution in [3.63, 3.8) is 0 Å². The molecule has 4 rings (SSSR count). The molecule has 0 amide bonds. The monoisotopic (exact) mass is 356 g/mol. The summed E-state index contributed by atoms with van der Waals surface area (Å²) in [6.45, 7) is 8.23. The number of aromatic nitrogens is 3. The van der Waals surface area contributed by atoms with Crippen LogP contribution in [0.1, 0.15) is 5.69 Å². The van der Waals surface area contributed by atoms with E-state index in [1.165, 1.54) is 0 Å². The van der Waals surface area contributed by atoms with Crippen molar-refractivity contribution in [2.24, 2.45) is 0 Å². The first-order chi connectivity index (χ1) is 12.7. The number of nitrogens with zero attached hydrogens (tertiary/aromatic N) is 5. The molecule has 2 aliphatic heterocycles. The van der Waals surface area contributed by atoms with Gasteiger partial charge in [0.05, 0.1) is 32.1 Å². The summed E-state index contributed by atoms with van der Waals surface area (Å²) >= 11 is 0. The van der Waals surface area contributed by atoms with E-state index in [0.29, 0.717) is 5.95 Å². The van der Waals surface area contributed by atoms with Gasteiger partial charge in [0.25, 0.3) is 0 Å². The van der Waals surface area contributed by atoms with Crippen LogP contribution in [0.25, 0.3) is 11.1 Å². The summed E-state index contributed by atoms with van der Waals surface area (Å²) in [5, 5.41) is 0. The van der Waals surface area contributed by atoms with Gasteiger partial charge >= 0.3 is 0 Å². The van der Waals surface area contributed by atoms with Crippen molar-refractivity contribution in [2.45, 2.75) is 6.92 Å². The molecule has 2 aliphatic rings. The topological polar surface area (TPSA) is 89.6 Å². The van der Waals surface area contributed by atoms with Crippen LogP contribution in [0.15, 0.2) is 18.3 Å². The molecule has 0 atom stereocenters. The maximum Gasteiger partial charge on any atom is 0.220 e. The van der Waals surface area contributed by atoms with Crippen LogP contribution in [0, 0.1) is 6.92 Å². The Hall–Kier alpha value is -2.45. The Morgan fingerprint density at radius 2 is 1.42 bits per heavy atom. The maximum absolute atomic E-state index is 5.72. The summed E-state index contributed by atoms with van der Waals surface area (Å²) in [6.07, 6.45) is 1.79. The van der Waals surface area contributed by atoms with E-state index in [-0.39, 0.29) is 0 Å². The average Bonchev–Trinajstić information content (AvgIpc) is 2.69. The maximum atomic E-state index is 5.72. The summed E-state index contributed by atoms with van der Waals surface area (Å²) < 4.78 is 11.0. The van der Waals surface area contributed by atoms with Crippen LogP contribution >= 0.6 is 0 Å². The first-order valence-corrected chi connectivity index (χ1v) is 8.98. The minimum atomic E-state index is 0.294. The molecule has 0 saturated carbocycles. The Bertz CT molecular complexity index is 736. The molecule has 2 aromatic rings. The number of hydrogen-bond acceptors (Lipinski definition) is 8. The van der Waals surface area contributed by atoms with Gasteiger partial charge in [-0.1, -0.05) is 0 Å². The lowest BCUT2D eigenvalue weighted by molar-refractivity contribution is 0.121. The molecule has 2 fully saturated rings. The molecule has 0 unspecified atom stereocenters. The third kappa shape index (κ3) is 3.56. The summed E-state index contributed by atoms with van der Waals surface area (Å²) in [5.41, 5.74) is 8.62. The predicted octanol–water partition coefficient (Wildman–Crippen LogP) is 1.10. The standard InChI is InChI=1S/C18H24N6O2/c1-13-15(12-20-18(19)21-13)14-10-16(23-2-6-25-7-3-23)22-17(11-14)24-4-8-26-9-5-24/h10-12H,2-9H2,1H3,(H2,19,20,21). The van der Waals surface area contributed by atoms with Crippen molar-refractivity contribution in [3.05, 3.63) is 24.0 Å². The van der Waals surface area contributed by atoms with E-state index in [1.54, 1.807) is 6.20 Å². The number of ether oxygens (including phenoxy) is 2. The highest BCUT2D eigenvalue weighted by Crippen LogP contribution is 2.30. The summed E-state index contributed by atoms with van der Waals surface area (Å²) in [6, 6.07) is 4.22. The van der Waals surface area contributed by atoms with E-state index in [9.17, 15) is 0 Å². The lowest BCUT2D eigenvalue weighted by atomic mass is 10.1. The number of pyridine rings is 1. The van der Waals surface area contributed by atoms with Gasteiger partial charge in [0.2, 0.25) is 5.95 Å². The Balaban J connectivity index is 1.76. The van der Waals surface area contributed by atoms with Gasteiger partial charge in [0.1, 0.15) is 11.6 Å². The van der Waals surface area contributed by atoms with Gasteiger partial charge < -0.3 is 25.0 Å². The van der Waals surface area contributed by atoms with Crippen molar-refractivity contribution >= 4 is 17.6 Å². The normalized spacial score (nSPS) is 18.2. The summed E-state index contributed by atoms with van der Waals surface area (Å²) in [7, 11) is 0. The first-order valence-electron chi connectivity index (χ1n) is 8.98. The number of nitrogen functional groups attached to an aromatic ring is 1. The van der Waals surface area contributed by atoms with Gasteiger partial charge in [0, 0.05) is 37.9 Å². The second-order valence-electron chi connectivity index (χ2n) is 6.50. The Morgan fingerprint density at radius 3 is 1.92 bits per heavy atom. The van der Waals surface area contributed by atoms with Crippen LogP contribution in [0.5, 0.6) is 0 Å². The van der Waals surface area contributed by atoms with Crippen molar-refractivity contribution in [2.75, 3.05) is 68.1 Å². The van der Waals surface area contributed by atoms with Crippen molar-refractivity contribution in [3.8, 4) is 11.1 Å². The molecule has 2 saturated heterocycles.